The first-order valence-electron chi connectivity index (χ1n) is 3.60. The van der Waals surface area contributed by atoms with Gasteiger partial charge in [0.2, 0.25) is 0 Å². The van der Waals surface area contributed by atoms with Crippen molar-refractivity contribution in [2.75, 3.05) is 12.8 Å². The lowest BCUT2D eigenvalue weighted by molar-refractivity contribution is 0.0600. The van der Waals surface area contributed by atoms with Crippen molar-refractivity contribution >= 4 is 11.7 Å². The van der Waals surface area contributed by atoms with E-state index in [2.05, 4.69) is 4.74 Å². The third kappa shape index (κ3) is 1.69. The molecule has 0 bridgehead atoms. The predicted molar refractivity (Wildman–Crippen MR) is 47.4 cm³/mol. The second-order valence-corrected chi connectivity index (χ2v) is 2.59. The monoisotopic (exact) mass is 182 g/mol. The van der Waals surface area contributed by atoms with Crippen molar-refractivity contribution < 1.29 is 9.53 Å². The molecular weight excluding hydrogens is 172 g/mol. The van der Waals surface area contributed by atoms with Crippen LogP contribution in [0.15, 0.2) is 17.1 Å². The number of methoxy groups -OCH3 is 1. The Kier molecular flexibility index (Phi) is 2.36. The molecule has 13 heavy (non-hydrogen) atoms. The standard InChI is InChI=1S/C8H10N2O3/c1-10-4-5(8(12)13-2)3-6(9)7(10)11/h3-4H,9H2,1-2H3. The van der Waals surface area contributed by atoms with Crippen molar-refractivity contribution in [3.05, 3.63) is 28.2 Å². The van der Waals surface area contributed by atoms with Gasteiger partial charge < -0.3 is 15.0 Å². The maximum atomic E-state index is 11.1. The first-order valence-corrected chi connectivity index (χ1v) is 3.60. The third-order valence-corrected chi connectivity index (χ3v) is 1.63. The van der Waals surface area contributed by atoms with Crippen molar-refractivity contribution in [2.45, 2.75) is 0 Å². The van der Waals surface area contributed by atoms with Crippen LogP contribution in [-0.2, 0) is 11.8 Å². The molecule has 2 N–H and O–H groups in total. The Hall–Kier alpha value is -1.78. The number of rotatable bonds is 1. The van der Waals surface area contributed by atoms with Crippen molar-refractivity contribution in [1.29, 1.82) is 0 Å². The topological polar surface area (TPSA) is 74.3 Å². The van der Waals surface area contributed by atoms with E-state index in [4.69, 9.17) is 5.73 Å². The summed E-state index contributed by atoms with van der Waals surface area (Å²) >= 11 is 0. The molecule has 0 fully saturated rings. The van der Waals surface area contributed by atoms with Gasteiger partial charge in [-0.15, -0.1) is 0 Å². The van der Waals surface area contributed by atoms with Gasteiger partial charge in [-0.3, -0.25) is 4.79 Å². The van der Waals surface area contributed by atoms with Crippen LogP contribution in [0, 0.1) is 0 Å². The molecule has 1 aromatic rings. The normalized spacial score (nSPS) is 9.69. The summed E-state index contributed by atoms with van der Waals surface area (Å²) in [6, 6.07) is 1.30. The minimum atomic E-state index is -0.512. The lowest BCUT2D eigenvalue weighted by atomic mass is 10.2. The Morgan fingerprint density at radius 3 is 2.69 bits per heavy atom. The fourth-order valence-electron chi connectivity index (χ4n) is 0.967. The molecule has 0 unspecified atom stereocenters. The lowest BCUT2D eigenvalue weighted by Gasteiger charge is -2.03. The van der Waals surface area contributed by atoms with E-state index in [9.17, 15) is 9.59 Å². The van der Waals surface area contributed by atoms with Gasteiger partial charge in [-0.05, 0) is 6.07 Å². The number of esters is 1. The zero-order valence-electron chi connectivity index (χ0n) is 7.40. The highest BCUT2D eigenvalue weighted by atomic mass is 16.5. The van der Waals surface area contributed by atoms with E-state index in [1.807, 2.05) is 0 Å². The highest BCUT2D eigenvalue weighted by molar-refractivity contribution is 5.89. The zero-order chi connectivity index (χ0) is 10.0. The number of nitrogen functional groups attached to an aromatic ring is 1. The van der Waals surface area contributed by atoms with Crippen molar-refractivity contribution in [3.8, 4) is 0 Å². The first-order chi connectivity index (χ1) is 6.06. The van der Waals surface area contributed by atoms with Crippen LogP contribution in [0.25, 0.3) is 0 Å². The number of ether oxygens (including phenoxy) is 1. The van der Waals surface area contributed by atoms with Gasteiger partial charge in [-0.25, -0.2) is 4.79 Å². The van der Waals surface area contributed by atoms with E-state index in [-0.39, 0.29) is 16.8 Å². The minimum Gasteiger partial charge on any atom is -0.465 e. The lowest BCUT2D eigenvalue weighted by Crippen LogP contribution is -2.21. The van der Waals surface area contributed by atoms with Gasteiger partial charge >= 0.3 is 5.97 Å². The van der Waals surface area contributed by atoms with Crippen molar-refractivity contribution in [3.63, 3.8) is 0 Å². The van der Waals surface area contributed by atoms with E-state index in [0.717, 1.165) is 0 Å². The maximum absolute atomic E-state index is 11.1. The van der Waals surface area contributed by atoms with Gasteiger partial charge in [0.1, 0.15) is 0 Å². The summed E-state index contributed by atoms with van der Waals surface area (Å²) in [5.41, 5.74) is 5.35. The van der Waals surface area contributed by atoms with Crippen LogP contribution >= 0.6 is 0 Å². The smallest absolute Gasteiger partial charge is 0.339 e. The van der Waals surface area contributed by atoms with E-state index in [1.54, 1.807) is 0 Å². The Morgan fingerprint density at radius 2 is 2.23 bits per heavy atom. The van der Waals surface area contributed by atoms with E-state index in [0.29, 0.717) is 0 Å². The fourth-order valence-corrected chi connectivity index (χ4v) is 0.967. The summed E-state index contributed by atoms with van der Waals surface area (Å²) in [5, 5.41) is 0. The third-order valence-electron chi connectivity index (χ3n) is 1.63. The van der Waals surface area contributed by atoms with E-state index in [1.165, 1.54) is 31.0 Å². The summed E-state index contributed by atoms with van der Waals surface area (Å²) in [7, 11) is 2.79. The summed E-state index contributed by atoms with van der Waals surface area (Å²) in [6.45, 7) is 0. The molecule has 0 aliphatic heterocycles. The number of nitrogens with two attached hydrogens (primary N) is 1. The minimum absolute atomic E-state index is 0.0328. The molecule has 0 radical (unpaired) electrons. The molecule has 0 saturated carbocycles. The summed E-state index contributed by atoms with van der Waals surface area (Å²) in [4.78, 5) is 22.2. The van der Waals surface area contributed by atoms with Gasteiger partial charge in [0.05, 0.1) is 18.4 Å². The molecule has 0 aliphatic rings. The molecule has 70 valence electrons. The van der Waals surface area contributed by atoms with Crippen LogP contribution < -0.4 is 11.3 Å². The average molecular weight is 182 g/mol. The van der Waals surface area contributed by atoms with Gasteiger partial charge in [0.25, 0.3) is 5.56 Å². The molecule has 0 spiro atoms. The number of hydrogen-bond donors (Lipinski definition) is 1. The number of aromatic nitrogens is 1. The summed E-state index contributed by atoms with van der Waals surface area (Å²) in [5.74, 6) is -0.512. The van der Waals surface area contributed by atoms with Gasteiger partial charge in [0, 0.05) is 13.2 Å². The molecule has 1 heterocycles. The molecule has 5 nitrogen and oxygen atoms in total. The largest absolute Gasteiger partial charge is 0.465 e. The predicted octanol–water partition coefficient (Wildman–Crippen LogP) is -0.246. The van der Waals surface area contributed by atoms with E-state index < -0.39 is 5.97 Å². The molecule has 0 saturated heterocycles. The number of carbonyl (C=O) groups excluding carboxylic acids is 1. The van der Waals surface area contributed by atoms with E-state index >= 15 is 0 Å². The highest BCUT2D eigenvalue weighted by Gasteiger charge is 2.08. The number of carbonyl (C=O) groups is 1. The van der Waals surface area contributed by atoms with Gasteiger partial charge in [-0.2, -0.15) is 0 Å². The second-order valence-electron chi connectivity index (χ2n) is 2.59. The number of hydrogen-bond acceptors (Lipinski definition) is 4. The molecule has 0 atom stereocenters. The Morgan fingerprint density at radius 1 is 1.62 bits per heavy atom. The molecule has 1 aromatic heterocycles. The molecule has 0 amide bonds. The molecular formula is C8H10N2O3. The maximum Gasteiger partial charge on any atom is 0.339 e. The van der Waals surface area contributed by atoms with Crippen LogP contribution in [0.5, 0.6) is 0 Å². The molecule has 0 aliphatic carbocycles. The second kappa shape index (κ2) is 3.30. The number of nitrogens with zero attached hydrogens (tertiary/aromatic N) is 1. The molecule has 0 aromatic carbocycles. The Bertz CT molecular complexity index is 369. The van der Waals surface area contributed by atoms with Gasteiger partial charge in [0.15, 0.2) is 0 Å². The van der Waals surface area contributed by atoms with Crippen LogP contribution in [0.4, 0.5) is 5.69 Å². The fraction of sp³-hybridized carbons (Fsp3) is 0.250. The average Bonchev–Trinajstić information content (AvgIpc) is 2.12. The highest BCUT2D eigenvalue weighted by Crippen LogP contribution is 2.02. The Labute approximate surface area is 74.7 Å². The van der Waals surface area contributed by atoms with Crippen molar-refractivity contribution in [2.24, 2.45) is 7.05 Å². The van der Waals surface area contributed by atoms with Gasteiger partial charge in [-0.1, -0.05) is 0 Å². The zero-order valence-corrected chi connectivity index (χ0v) is 7.40. The number of aryl methyl sites for hydroxylation is 1. The van der Waals surface area contributed by atoms with Crippen LogP contribution in [0.3, 0.4) is 0 Å². The Balaban J connectivity index is 3.29. The summed E-state index contributed by atoms with van der Waals surface area (Å²) < 4.78 is 5.71. The number of anilines is 1. The quantitative estimate of drug-likeness (QED) is 0.608. The SMILES string of the molecule is COC(=O)c1cc(N)c(=O)n(C)c1. The summed E-state index contributed by atoms with van der Waals surface area (Å²) in [6.07, 6.45) is 1.38. The van der Waals surface area contributed by atoms with Crippen LogP contribution in [0.2, 0.25) is 0 Å². The first kappa shape index (κ1) is 9.31. The number of pyridine rings is 1. The van der Waals surface area contributed by atoms with Crippen LogP contribution in [-0.4, -0.2) is 17.6 Å². The van der Waals surface area contributed by atoms with Crippen molar-refractivity contribution in [1.82, 2.24) is 4.57 Å². The molecule has 5 heteroatoms. The molecule has 1 rings (SSSR count). The van der Waals surface area contributed by atoms with Crippen LogP contribution in [0.1, 0.15) is 10.4 Å².